The van der Waals surface area contributed by atoms with Crippen LogP contribution < -0.4 is 4.90 Å². The van der Waals surface area contributed by atoms with Gasteiger partial charge in [-0.2, -0.15) is 0 Å². The predicted octanol–water partition coefficient (Wildman–Crippen LogP) is 4.20. The van der Waals surface area contributed by atoms with Gasteiger partial charge in [0.1, 0.15) is 6.04 Å². The second kappa shape index (κ2) is 11.3. The van der Waals surface area contributed by atoms with E-state index in [2.05, 4.69) is 13.2 Å². The second-order valence-electron chi connectivity index (χ2n) is 10.9. The molecule has 1 spiro atoms. The molecule has 1 aromatic carbocycles. The first kappa shape index (κ1) is 28.4. The van der Waals surface area contributed by atoms with Crippen LogP contribution in [0.15, 0.2) is 43.5 Å². The highest BCUT2D eigenvalue weighted by molar-refractivity contribution is 8.02. The Labute approximate surface area is 230 Å². The Balaban J connectivity index is 1.71. The number of esters is 1. The van der Waals surface area contributed by atoms with Crippen molar-refractivity contribution < 1.29 is 24.2 Å². The summed E-state index contributed by atoms with van der Waals surface area (Å²) in [4.78, 5) is 45.2. The lowest BCUT2D eigenvalue weighted by Gasteiger charge is -2.37. The van der Waals surface area contributed by atoms with E-state index in [9.17, 15) is 19.5 Å². The quantitative estimate of drug-likeness (QED) is 0.243. The third kappa shape index (κ3) is 4.60. The van der Waals surface area contributed by atoms with Gasteiger partial charge in [-0.25, -0.2) is 0 Å². The fraction of sp³-hybridized carbons (Fsp3) is 0.567. The third-order valence-electron chi connectivity index (χ3n) is 8.44. The number of hydrogen-bond donors (Lipinski definition) is 1. The number of aliphatic hydroxyl groups excluding tert-OH is 1. The van der Waals surface area contributed by atoms with Crippen LogP contribution in [0.25, 0.3) is 0 Å². The summed E-state index contributed by atoms with van der Waals surface area (Å²) in [5.41, 5.74) is 2.73. The van der Waals surface area contributed by atoms with E-state index in [-0.39, 0.29) is 30.9 Å². The Bertz CT molecular complexity index is 1100. The number of nitrogens with zero attached hydrogens (tertiary/aromatic N) is 2. The molecule has 3 fully saturated rings. The number of β-amino-alcohol motifs (C(OH)–C–C–N with tert-alkyl or cyclic N) is 1. The minimum atomic E-state index is -0.789. The molecule has 3 saturated heterocycles. The van der Waals surface area contributed by atoms with Crippen LogP contribution in [0.5, 0.6) is 0 Å². The maximum Gasteiger partial charge on any atom is 0.311 e. The molecule has 0 aliphatic carbocycles. The molecule has 206 valence electrons. The van der Waals surface area contributed by atoms with Crippen molar-refractivity contribution in [2.75, 3.05) is 31.2 Å². The minimum absolute atomic E-state index is 0.0444. The number of para-hydroxylation sites is 1. The molecule has 0 saturated carbocycles. The Kier molecular flexibility index (Phi) is 8.43. The molecule has 38 heavy (non-hydrogen) atoms. The van der Waals surface area contributed by atoms with Gasteiger partial charge in [-0.3, -0.25) is 14.4 Å². The Hall–Kier alpha value is -2.58. The first-order valence-corrected chi connectivity index (χ1v) is 14.4. The van der Waals surface area contributed by atoms with E-state index in [1.54, 1.807) is 22.7 Å². The monoisotopic (exact) mass is 540 g/mol. The second-order valence-corrected chi connectivity index (χ2v) is 12.8. The van der Waals surface area contributed by atoms with Crippen LogP contribution in [0, 0.1) is 25.7 Å². The fourth-order valence-electron chi connectivity index (χ4n) is 6.86. The lowest BCUT2D eigenvalue weighted by Crippen LogP contribution is -2.55. The van der Waals surface area contributed by atoms with Crippen LogP contribution in [0.3, 0.4) is 0 Å². The number of benzene rings is 1. The average molecular weight is 541 g/mol. The number of aliphatic hydroxyl groups is 1. The predicted molar refractivity (Wildman–Crippen MR) is 151 cm³/mol. The first-order valence-electron chi connectivity index (χ1n) is 13.5. The smallest absolute Gasteiger partial charge is 0.311 e. The van der Waals surface area contributed by atoms with E-state index in [4.69, 9.17) is 4.74 Å². The third-order valence-corrected chi connectivity index (χ3v) is 10.4. The maximum absolute atomic E-state index is 14.5. The molecule has 3 heterocycles. The van der Waals surface area contributed by atoms with E-state index < -0.39 is 27.4 Å². The minimum Gasteiger partial charge on any atom is -0.465 e. The SMILES string of the molecule is C=CCCCCOC(=O)[C@H]1[C@H]2C(=O)N(CCO)C(C(=O)N(CC=C)c3c(C)cccc3C)C23CC[C@]1(C)S3. The van der Waals surface area contributed by atoms with Crippen molar-refractivity contribution in [3.8, 4) is 0 Å². The molecular formula is C30H40N2O5S. The van der Waals surface area contributed by atoms with Gasteiger partial charge in [-0.15, -0.1) is 24.9 Å². The van der Waals surface area contributed by atoms with Gasteiger partial charge in [0.15, 0.2) is 0 Å². The summed E-state index contributed by atoms with van der Waals surface area (Å²) < 4.78 is 4.47. The zero-order valence-electron chi connectivity index (χ0n) is 22.8. The summed E-state index contributed by atoms with van der Waals surface area (Å²) >= 11 is 1.61. The molecule has 2 amide bonds. The molecule has 3 aliphatic rings. The molecule has 8 heteroatoms. The molecular weight excluding hydrogens is 500 g/mol. The molecule has 1 N–H and O–H groups in total. The van der Waals surface area contributed by atoms with Crippen molar-refractivity contribution in [2.24, 2.45) is 11.8 Å². The van der Waals surface area contributed by atoms with E-state index in [0.29, 0.717) is 19.6 Å². The Morgan fingerprint density at radius 3 is 2.55 bits per heavy atom. The number of rotatable bonds is 12. The van der Waals surface area contributed by atoms with Crippen molar-refractivity contribution in [1.82, 2.24) is 4.90 Å². The molecule has 1 aromatic rings. The van der Waals surface area contributed by atoms with E-state index in [1.807, 2.05) is 45.0 Å². The van der Waals surface area contributed by atoms with E-state index in [0.717, 1.165) is 42.5 Å². The molecule has 2 unspecified atom stereocenters. The van der Waals surface area contributed by atoms with E-state index >= 15 is 0 Å². The van der Waals surface area contributed by atoms with Gasteiger partial charge < -0.3 is 19.6 Å². The van der Waals surface area contributed by atoms with Crippen LogP contribution in [0.1, 0.15) is 50.2 Å². The van der Waals surface area contributed by atoms with Crippen LogP contribution in [0.2, 0.25) is 0 Å². The number of hydrogen-bond acceptors (Lipinski definition) is 6. The van der Waals surface area contributed by atoms with Gasteiger partial charge >= 0.3 is 5.97 Å². The summed E-state index contributed by atoms with van der Waals surface area (Å²) in [6.07, 6.45) is 7.40. The van der Waals surface area contributed by atoms with Gasteiger partial charge in [0.05, 0.1) is 29.8 Å². The van der Waals surface area contributed by atoms with Gasteiger partial charge in [0.25, 0.3) is 5.91 Å². The highest BCUT2D eigenvalue weighted by Crippen LogP contribution is 2.71. The van der Waals surface area contributed by atoms with Gasteiger partial charge in [-0.1, -0.05) is 30.4 Å². The van der Waals surface area contributed by atoms with Gasteiger partial charge in [0.2, 0.25) is 5.91 Å². The van der Waals surface area contributed by atoms with Crippen LogP contribution in [-0.4, -0.2) is 69.6 Å². The van der Waals surface area contributed by atoms with Gasteiger partial charge in [-0.05, 0) is 64.0 Å². The molecule has 7 nitrogen and oxygen atoms in total. The fourth-order valence-corrected chi connectivity index (χ4v) is 9.20. The molecule has 5 atom stereocenters. The molecule has 3 aliphatic heterocycles. The molecule has 2 bridgehead atoms. The summed E-state index contributed by atoms with van der Waals surface area (Å²) in [7, 11) is 0. The topological polar surface area (TPSA) is 87.1 Å². The van der Waals surface area contributed by atoms with Crippen molar-refractivity contribution in [3.63, 3.8) is 0 Å². The number of allylic oxidation sites excluding steroid dienone is 1. The molecule has 0 aromatic heterocycles. The number of carbonyl (C=O) groups excluding carboxylic acids is 3. The van der Waals surface area contributed by atoms with Gasteiger partial charge in [0, 0.05) is 23.5 Å². The lowest BCUT2D eigenvalue weighted by atomic mass is 9.66. The van der Waals surface area contributed by atoms with Crippen molar-refractivity contribution in [3.05, 3.63) is 54.6 Å². The largest absolute Gasteiger partial charge is 0.465 e. The standard InChI is InChI=1S/C30H40N2O5S/c1-6-8-9-10-19-37-28(36)23-22-26(34)32(17-18-33)25(30(22)15-14-29(23,5)38-30)27(35)31(16-7-2)24-20(3)12-11-13-21(24)4/h6-7,11-13,22-23,25,33H,1-2,8-10,14-19H2,3-5H3/t22-,23+,25?,29-,30?/m0/s1. The number of amides is 2. The number of thioether (sulfide) groups is 1. The number of fused-ring (bicyclic) bond motifs is 1. The number of unbranched alkanes of at least 4 members (excludes halogenated alkanes) is 2. The summed E-state index contributed by atoms with van der Waals surface area (Å²) in [5.74, 6) is -2.06. The summed E-state index contributed by atoms with van der Waals surface area (Å²) in [6.45, 7) is 14.0. The highest BCUT2D eigenvalue weighted by atomic mass is 32.2. The normalized spacial score (nSPS) is 29.3. The van der Waals surface area contributed by atoms with E-state index in [1.165, 1.54) is 4.90 Å². The summed E-state index contributed by atoms with van der Waals surface area (Å²) in [6, 6.07) is 5.11. The van der Waals surface area contributed by atoms with Crippen molar-refractivity contribution in [2.45, 2.75) is 68.4 Å². The van der Waals surface area contributed by atoms with Crippen LogP contribution in [-0.2, 0) is 19.1 Å². The average Bonchev–Trinajstić information content (AvgIpc) is 3.44. The Morgan fingerprint density at radius 1 is 1.21 bits per heavy atom. The number of likely N-dealkylation sites (tertiary alicyclic amines) is 1. The number of ether oxygens (including phenoxy) is 1. The summed E-state index contributed by atoms with van der Waals surface area (Å²) in [5, 5.41) is 9.89. The lowest BCUT2D eigenvalue weighted by molar-refractivity contribution is -0.155. The zero-order chi connectivity index (χ0) is 27.7. The van der Waals surface area contributed by atoms with Crippen molar-refractivity contribution >= 4 is 35.2 Å². The highest BCUT2D eigenvalue weighted by Gasteiger charge is 2.77. The number of carbonyl (C=O) groups is 3. The number of anilines is 1. The van der Waals surface area contributed by atoms with Crippen LogP contribution in [0.4, 0.5) is 5.69 Å². The molecule has 0 radical (unpaired) electrons. The van der Waals surface area contributed by atoms with Crippen LogP contribution >= 0.6 is 11.8 Å². The number of aryl methyl sites for hydroxylation is 2. The first-order chi connectivity index (χ1) is 18.2. The Morgan fingerprint density at radius 2 is 1.92 bits per heavy atom. The molecule has 4 rings (SSSR count). The maximum atomic E-state index is 14.5. The zero-order valence-corrected chi connectivity index (χ0v) is 23.6. The van der Waals surface area contributed by atoms with Crippen molar-refractivity contribution in [1.29, 1.82) is 0 Å².